The Balaban J connectivity index is 5.84. The van der Waals surface area contributed by atoms with Crippen LogP contribution in [0.15, 0.2) is 24.8 Å². The van der Waals surface area contributed by atoms with Crippen LogP contribution in [0.5, 0.6) is 0 Å². The van der Waals surface area contributed by atoms with Gasteiger partial charge in [-0.15, -0.1) is 6.58 Å². The SMILES string of the molecule is C=CCC[C@H](C[C@H](O[Si](C)(C)C(C)(C)C)[C@@H](O)/C=C/C(=O)O)O[Si](C)(C)C(C)(C)C. The van der Waals surface area contributed by atoms with Gasteiger partial charge in [-0.25, -0.2) is 4.79 Å². The molecule has 0 saturated heterocycles. The van der Waals surface area contributed by atoms with Crippen molar-refractivity contribution < 1.29 is 23.9 Å². The summed E-state index contributed by atoms with van der Waals surface area (Å²) in [7, 11) is -4.21. The first-order valence-corrected chi connectivity index (χ1v) is 16.7. The molecule has 0 aromatic rings. The lowest BCUT2D eigenvalue weighted by Gasteiger charge is -2.43. The van der Waals surface area contributed by atoms with Crippen LogP contribution in [0.25, 0.3) is 0 Å². The highest BCUT2D eigenvalue weighted by atomic mass is 28.4. The Bertz CT molecular complexity index is 585. The average molecular weight is 459 g/mol. The second-order valence-corrected chi connectivity index (χ2v) is 20.7. The topological polar surface area (TPSA) is 76.0 Å². The van der Waals surface area contributed by atoms with Gasteiger partial charge in [0.2, 0.25) is 0 Å². The highest BCUT2D eigenvalue weighted by Gasteiger charge is 2.43. The second kappa shape index (κ2) is 11.2. The maximum atomic E-state index is 11.0. The summed E-state index contributed by atoms with van der Waals surface area (Å²) in [5.41, 5.74) is 0. The van der Waals surface area contributed by atoms with Gasteiger partial charge in [0.05, 0.1) is 12.2 Å². The molecule has 176 valence electrons. The molecule has 2 N–H and O–H groups in total. The van der Waals surface area contributed by atoms with E-state index in [-0.39, 0.29) is 16.2 Å². The summed E-state index contributed by atoms with van der Waals surface area (Å²) in [6.07, 6.45) is 4.68. The molecule has 0 aromatic carbocycles. The fourth-order valence-electron chi connectivity index (χ4n) is 2.50. The molecule has 30 heavy (non-hydrogen) atoms. The Hall–Kier alpha value is -0.736. The number of hydrogen-bond acceptors (Lipinski definition) is 4. The number of aliphatic hydroxyl groups is 1. The normalized spacial score (nSPS) is 17.0. The molecule has 3 atom stereocenters. The minimum atomic E-state index is -2.19. The molecule has 0 aliphatic heterocycles. The van der Waals surface area contributed by atoms with Crippen LogP contribution in [-0.4, -0.2) is 51.1 Å². The van der Waals surface area contributed by atoms with Crippen molar-refractivity contribution in [1.82, 2.24) is 0 Å². The minimum Gasteiger partial charge on any atom is -0.478 e. The third-order valence-electron chi connectivity index (χ3n) is 6.52. The first-order chi connectivity index (χ1) is 13.3. The third-order valence-corrected chi connectivity index (χ3v) is 15.6. The number of carboxylic acids is 1. The average Bonchev–Trinajstić information content (AvgIpc) is 2.54. The van der Waals surface area contributed by atoms with Crippen molar-refractivity contribution in [3.63, 3.8) is 0 Å². The van der Waals surface area contributed by atoms with Gasteiger partial charge < -0.3 is 19.1 Å². The van der Waals surface area contributed by atoms with Crippen LogP contribution in [0, 0.1) is 0 Å². The molecular formula is C23H46O5Si2. The Morgan fingerprint density at radius 1 is 1.00 bits per heavy atom. The van der Waals surface area contributed by atoms with E-state index in [0.717, 1.165) is 18.9 Å². The Morgan fingerprint density at radius 3 is 1.87 bits per heavy atom. The first-order valence-electron chi connectivity index (χ1n) is 10.9. The molecule has 0 aliphatic carbocycles. The van der Waals surface area contributed by atoms with E-state index in [2.05, 4.69) is 74.3 Å². The maximum absolute atomic E-state index is 11.0. The van der Waals surface area contributed by atoms with Gasteiger partial charge in [0.1, 0.15) is 0 Å². The number of allylic oxidation sites excluding steroid dienone is 1. The highest BCUT2D eigenvalue weighted by molar-refractivity contribution is 6.74. The standard InChI is InChI=1S/C23H46O5Si2/c1-12-13-14-18(27-29(8,9)22(2,3)4)17-20(19(24)15-16-21(25)26)28-30(10,11)23(5,6)7/h12,15-16,18-20,24H,1,13-14,17H2,2-11H3,(H,25,26)/b16-15+/t18-,19+,20+/m1/s1. The molecule has 0 bridgehead atoms. The minimum absolute atomic E-state index is 0.0294. The molecular weight excluding hydrogens is 412 g/mol. The fourth-order valence-corrected chi connectivity index (χ4v) is 5.25. The van der Waals surface area contributed by atoms with Gasteiger partial charge in [0.15, 0.2) is 16.6 Å². The maximum Gasteiger partial charge on any atom is 0.328 e. The van der Waals surface area contributed by atoms with Crippen molar-refractivity contribution >= 4 is 22.6 Å². The van der Waals surface area contributed by atoms with Crippen LogP contribution in [0.3, 0.4) is 0 Å². The number of hydrogen-bond donors (Lipinski definition) is 2. The molecule has 7 heteroatoms. The molecule has 0 fully saturated rings. The summed E-state index contributed by atoms with van der Waals surface area (Å²) in [4.78, 5) is 11.0. The second-order valence-electron chi connectivity index (χ2n) is 11.2. The molecule has 0 aliphatic rings. The van der Waals surface area contributed by atoms with E-state index >= 15 is 0 Å². The Labute approximate surface area is 186 Å². The van der Waals surface area contributed by atoms with E-state index in [0.29, 0.717) is 6.42 Å². The van der Waals surface area contributed by atoms with Gasteiger partial charge in [-0.2, -0.15) is 0 Å². The third kappa shape index (κ3) is 9.60. The lowest BCUT2D eigenvalue weighted by molar-refractivity contribution is -0.131. The van der Waals surface area contributed by atoms with Crippen LogP contribution in [0.4, 0.5) is 0 Å². The summed E-state index contributed by atoms with van der Waals surface area (Å²) < 4.78 is 13.2. The van der Waals surface area contributed by atoms with Gasteiger partial charge in [0, 0.05) is 18.6 Å². The molecule has 0 saturated carbocycles. The van der Waals surface area contributed by atoms with E-state index in [1.807, 2.05) is 6.08 Å². The summed E-state index contributed by atoms with van der Waals surface area (Å²) in [5, 5.41) is 19.8. The van der Waals surface area contributed by atoms with E-state index in [1.165, 1.54) is 6.08 Å². The summed E-state index contributed by atoms with van der Waals surface area (Å²) in [6, 6.07) is 0. The molecule has 0 radical (unpaired) electrons. The number of carbonyl (C=O) groups is 1. The van der Waals surface area contributed by atoms with Gasteiger partial charge >= 0.3 is 5.97 Å². The van der Waals surface area contributed by atoms with Crippen molar-refractivity contribution in [2.24, 2.45) is 0 Å². The predicted molar refractivity (Wildman–Crippen MR) is 131 cm³/mol. The fraction of sp³-hybridized carbons (Fsp3) is 0.783. The monoisotopic (exact) mass is 458 g/mol. The Kier molecular flexibility index (Phi) is 10.9. The van der Waals surface area contributed by atoms with Crippen LogP contribution < -0.4 is 0 Å². The molecule has 5 nitrogen and oxygen atoms in total. The summed E-state index contributed by atoms with van der Waals surface area (Å²) in [5.74, 6) is -1.08. The van der Waals surface area contributed by atoms with Gasteiger partial charge in [-0.05, 0) is 55.2 Å². The molecule has 0 amide bonds. The number of rotatable bonds is 12. The zero-order chi connectivity index (χ0) is 24.0. The lowest BCUT2D eigenvalue weighted by Crippen LogP contribution is -2.49. The van der Waals surface area contributed by atoms with E-state index in [1.54, 1.807) is 0 Å². The Morgan fingerprint density at radius 2 is 1.47 bits per heavy atom. The predicted octanol–water partition coefficient (Wildman–Crippen LogP) is 6.13. The highest BCUT2D eigenvalue weighted by Crippen LogP contribution is 2.40. The summed E-state index contributed by atoms with van der Waals surface area (Å²) in [6.45, 7) is 25.6. The van der Waals surface area contributed by atoms with Gasteiger partial charge in [-0.1, -0.05) is 47.6 Å². The van der Waals surface area contributed by atoms with E-state index in [9.17, 15) is 9.90 Å². The molecule has 0 rings (SSSR count). The first kappa shape index (κ1) is 29.3. The van der Waals surface area contributed by atoms with Crippen molar-refractivity contribution in [1.29, 1.82) is 0 Å². The number of aliphatic carboxylic acids is 1. The quantitative estimate of drug-likeness (QED) is 0.209. The zero-order valence-corrected chi connectivity index (χ0v) is 22.9. The molecule has 0 aromatic heterocycles. The number of carboxylic acid groups (broad SMARTS) is 1. The van der Waals surface area contributed by atoms with Crippen molar-refractivity contribution in [3.05, 3.63) is 24.8 Å². The van der Waals surface area contributed by atoms with Crippen molar-refractivity contribution in [2.45, 2.75) is 115 Å². The van der Waals surface area contributed by atoms with Crippen molar-refractivity contribution in [2.75, 3.05) is 0 Å². The lowest BCUT2D eigenvalue weighted by atomic mass is 10.0. The number of aliphatic hydroxyl groups excluding tert-OH is 1. The van der Waals surface area contributed by atoms with E-state index in [4.69, 9.17) is 14.0 Å². The van der Waals surface area contributed by atoms with Crippen molar-refractivity contribution in [3.8, 4) is 0 Å². The van der Waals surface area contributed by atoms with Gasteiger partial charge in [0.25, 0.3) is 0 Å². The van der Waals surface area contributed by atoms with Crippen LogP contribution >= 0.6 is 0 Å². The van der Waals surface area contributed by atoms with Crippen LogP contribution in [-0.2, 0) is 13.6 Å². The smallest absolute Gasteiger partial charge is 0.328 e. The zero-order valence-electron chi connectivity index (χ0n) is 20.9. The van der Waals surface area contributed by atoms with E-state index < -0.39 is 34.8 Å². The largest absolute Gasteiger partial charge is 0.478 e. The van der Waals surface area contributed by atoms with Crippen LogP contribution in [0.1, 0.15) is 60.8 Å². The van der Waals surface area contributed by atoms with Gasteiger partial charge in [-0.3, -0.25) is 0 Å². The van der Waals surface area contributed by atoms with Crippen LogP contribution in [0.2, 0.25) is 36.3 Å². The molecule has 0 spiro atoms. The molecule has 0 heterocycles. The summed E-state index contributed by atoms with van der Waals surface area (Å²) >= 11 is 0. The molecule has 0 unspecified atom stereocenters.